The molecule has 0 aliphatic carbocycles. The fraction of sp³-hybridized carbons (Fsp3) is 0.381. The van der Waals surface area contributed by atoms with Gasteiger partial charge in [0.1, 0.15) is 0 Å². The largest absolute Gasteiger partial charge is 0.369 e. The zero-order valence-corrected chi connectivity index (χ0v) is 15.3. The summed E-state index contributed by atoms with van der Waals surface area (Å²) < 4.78 is 2.07. The molecule has 1 saturated heterocycles. The van der Waals surface area contributed by atoms with Crippen molar-refractivity contribution in [2.24, 2.45) is 0 Å². The number of anilines is 1. The average molecular weight is 334 g/mol. The van der Waals surface area contributed by atoms with Gasteiger partial charge in [-0.2, -0.15) is 5.10 Å². The summed E-state index contributed by atoms with van der Waals surface area (Å²) in [6.07, 6.45) is 0. The number of hydrogen-bond acceptors (Lipinski definition) is 3. The highest BCUT2D eigenvalue weighted by molar-refractivity contribution is 5.86. The number of benzene rings is 2. The van der Waals surface area contributed by atoms with E-state index >= 15 is 0 Å². The molecule has 0 spiro atoms. The van der Waals surface area contributed by atoms with Crippen molar-refractivity contribution in [1.29, 1.82) is 0 Å². The molecule has 2 heterocycles. The molecule has 0 unspecified atom stereocenters. The van der Waals surface area contributed by atoms with Crippen molar-refractivity contribution < 1.29 is 0 Å². The number of hydrogen-bond donors (Lipinski definition) is 0. The van der Waals surface area contributed by atoms with Crippen LogP contribution in [0.15, 0.2) is 48.5 Å². The van der Waals surface area contributed by atoms with Crippen LogP contribution in [0.25, 0.3) is 16.6 Å². The molecule has 25 heavy (non-hydrogen) atoms. The van der Waals surface area contributed by atoms with Gasteiger partial charge in [-0.25, -0.2) is 4.68 Å². The number of rotatable bonds is 3. The topological polar surface area (TPSA) is 24.3 Å². The van der Waals surface area contributed by atoms with Gasteiger partial charge in [-0.15, -0.1) is 0 Å². The van der Waals surface area contributed by atoms with Crippen LogP contribution < -0.4 is 4.90 Å². The van der Waals surface area contributed by atoms with Gasteiger partial charge in [0, 0.05) is 43.3 Å². The normalized spacial score (nSPS) is 16.1. The van der Waals surface area contributed by atoms with E-state index in [0.29, 0.717) is 6.04 Å². The molecule has 4 nitrogen and oxygen atoms in total. The predicted molar refractivity (Wildman–Crippen MR) is 105 cm³/mol. The van der Waals surface area contributed by atoms with E-state index in [2.05, 4.69) is 77.7 Å². The number of fused-ring (bicyclic) bond motifs is 1. The molecule has 0 N–H and O–H groups in total. The molecule has 3 aromatic rings. The molecule has 1 aliphatic heterocycles. The third-order valence-corrected chi connectivity index (χ3v) is 5.26. The first-order valence-electron chi connectivity index (χ1n) is 9.17. The van der Waals surface area contributed by atoms with E-state index in [1.165, 1.54) is 16.6 Å². The van der Waals surface area contributed by atoms with Crippen LogP contribution in [0.3, 0.4) is 0 Å². The lowest BCUT2D eigenvalue weighted by molar-refractivity contribution is 0.209. The Bertz CT molecular complexity index is 858. The van der Waals surface area contributed by atoms with E-state index in [0.717, 1.165) is 37.6 Å². The predicted octanol–water partition coefficient (Wildman–Crippen LogP) is 3.86. The second-order valence-corrected chi connectivity index (χ2v) is 7.15. The minimum atomic E-state index is 0.631. The molecule has 1 fully saturated rings. The van der Waals surface area contributed by atoms with E-state index in [4.69, 9.17) is 5.10 Å². The molecule has 0 atom stereocenters. The van der Waals surface area contributed by atoms with Gasteiger partial charge in [-0.1, -0.05) is 18.2 Å². The van der Waals surface area contributed by atoms with Crippen molar-refractivity contribution in [3.8, 4) is 5.69 Å². The van der Waals surface area contributed by atoms with Crippen LogP contribution in [-0.2, 0) is 0 Å². The third kappa shape index (κ3) is 3.02. The van der Waals surface area contributed by atoms with Crippen LogP contribution in [0.1, 0.15) is 19.5 Å². The van der Waals surface area contributed by atoms with E-state index in [-0.39, 0.29) is 0 Å². The number of nitrogens with zero attached hydrogens (tertiary/aromatic N) is 4. The van der Waals surface area contributed by atoms with Gasteiger partial charge >= 0.3 is 0 Å². The first-order chi connectivity index (χ1) is 12.1. The Hall–Kier alpha value is -2.33. The maximum absolute atomic E-state index is 4.77. The van der Waals surface area contributed by atoms with Crippen molar-refractivity contribution in [1.82, 2.24) is 14.7 Å². The summed E-state index contributed by atoms with van der Waals surface area (Å²) in [5.74, 6) is 0. The number of aromatic nitrogens is 2. The summed E-state index contributed by atoms with van der Waals surface area (Å²) in [5.41, 5.74) is 4.68. The van der Waals surface area contributed by atoms with Crippen LogP contribution in [0, 0.1) is 6.92 Å². The molecule has 1 aliphatic rings. The number of para-hydroxylation sites is 1. The van der Waals surface area contributed by atoms with Crippen molar-refractivity contribution in [3.63, 3.8) is 0 Å². The highest BCUT2D eigenvalue weighted by Crippen LogP contribution is 2.27. The Morgan fingerprint density at radius 3 is 2.28 bits per heavy atom. The number of piperazine rings is 1. The Morgan fingerprint density at radius 2 is 1.60 bits per heavy atom. The summed E-state index contributed by atoms with van der Waals surface area (Å²) in [6, 6.07) is 17.8. The Morgan fingerprint density at radius 1 is 0.880 bits per heavy atom. The highest BCUT2D eigenvalue weighted by atomic mass is 15.3. The lowest BCUT2D eigenvalue weighted by atomic mass is 10.1. The smallest absolute Gasteiger partial charge is 0.0764 e. The van der Waals surface area contributed by atoms with E-state index in [1.54, 1.807) is 0 Å². The molecule has 0 saturated carbocycles. The zero-order valence-electron chi connectivity index (χ0n) is 15.3. The Balaban J connectivity index is 1.68. The Kier molecular flexibility index (Phi) is 4.22. The minimum Gasteiger partial charge on any atom is -0.369 e. The van der Waals surface area contributed by atoms with E-state index in [9.17, 15) is 0 Å². The van der Waals surface area contributed by atoms with Gasteiger partial charge in [0.25, 0.3) is 0 Å². The van der Waals surface area contributed by atoms with Gasteiger partial charge in [0.2, 0.25) is 0 Å². The van der Waals surface area contributed by atoms with Crippen LogP contribution in [0.2, 0.25) is 0 Å². The van der Waals surface area contributed by atoms with Gasteiger partial charge in [-0.05, 0) is 51.1 Å². The lowest BCUT2D eigenvalue weighted by Crippen LogP contribution is -2.48. The van der Waals surface area contributed by atoms with Crippen molar-refractivity contribution in [2.75, 3.05) is 31.1 Å². The van der Waals surface area contributed by atoms with E-state index in [1.807, 2.05) is 6.07 Å². The molecule has 0 bridgehead atoms. The van der Waals surface area contributed by atoms with Crippen molar-refractivity contribution >= 4 is 16.6 Å². The van der Waals surface area contributed by atoms with Crippen LogP contribution >= 0.6 is 0 Å². The quantitative estimate of drug-likeness (QED) is 0.727. The van der Waals surface area contributed by atoms with Gasteiger partial charge in [-0.3, -0.25) is 4.90 Å². The van der Waals surface area contributed by atoms with Crippen LogP contribution in [-0.4, -0.2) is 46.9 Å². The molecular formula is C21H26N4. The zero-order chi connectivity index (χ0) is 17.4. The second-order valence-electron chi connectivity index (χ2n) is 7.15. The van der Waals surface area contributed by atoms with Crippen molar-refractivity contribution in [3.05, 3.63) is 54.2 Å². The molecule has 4 heteroatoms. The third-order valence-electron chi connectivity index (χ3n) is 5.26. The molecule has 130 valence electrons. The highest BCUT2D eigenvalue weighted by Gasteiger charge is 2.20. The summed E-state index contributed by atoms with van der Waals surface area (Å²) in [6.45, 7) is 11.1. The maximum atomic E-state index is 4.77. The molecule has 4 rings (SSSR count). The first kappa shape index (κ1) is 16.2. The lowest BCUT2D eigenvalue weighted by Gasteiger charge is -2.38. The van der Waals surface area contributed by atoms with Gasteiger partial charge in [0.05, 0.1) is 16.9 Å². The van der Waals surface area contributed by atoms with Crippen LogP contribution in [0.5, 0.6) is 0 Å². The monoisotopic (exact) mass is 334 g/mol. The first-order valence-corrected chi connectivity index (χ1v) is 9.17. The fourth-order valence-electron chi connectivity index (χ4n) is 3.72. The van der Waals surface area contributed by atoms with Gasteiger partial charge < -0.3 is 4.90 Å². The molecule has 1 aromatic heterocycles. The second kappa shape index (κ2) is 6.52. The van der Waals surface area contributed by atoms with E-state index < -0.39 is 0 Å². The molecule has 0 radical (unpaired) electrons. The standard InChI is InChI=1S/C21H26N4/c1-16(2)23-11-13-24(14-12-23)19-9-10-20-17(3)22-25(21(20)15-19)18-7-5-4-6-8-18/h4-10,15-16H,11-14H2,1-3H3. The fourth-order valence-corrected chi connectivity index (χ4v) is 3.72. The summed E-state index contributed by atoms with van der Waals surface area (Å²) in [4.78, 5) is 5.05. The summed E-state index contributed by atoms with van der Waals surface area (Å²) in [5, 5.41) is 6.00. The van der Waals surface area contributed by atoms with Crippen molar-refractivity contribution in [2.45, 2.75) is 26.8 Å². The average Bonchev–Trinajstić information content (AvgIpc) is 2.99. The number of aryl methyl sites for hydroxylation is 1. The minimum absolute atomic E-state index is 0.631. The molecule has 2 aromatic carbocycles. The molecule has 0 amide bonds. The summed E-state index contributed by atoms with van der Waals surface area (Å²) >= 11 is 0. The Labute approximate surface area is 149 Å². The van der Waals surface area contributed by atoms with Crippen LogP contribution in [0.4, 0.5) is 5.69 Å². The molecular weight excluding hydrogens is 308 g/mol. The summed E-state index contributed by atoms with van der Waals surface area (Å²) in [7, 11) is 0. The van der Waals surface area contributed by atoms with Gasteiger partial charge in [0.15, 0.2) is 0 Å². The SMILES string of the molecule is Cc1nn(-c2ccccc2)c2cc(N3CCN(C(C)C)CC3)ccc12. The maximum Gasteiger partial charge on any atom is 0.0764 e.